The number of likely N-dealkylation sites (N-methyl/N-ethyl adjacent to an activating group) is 1. The number of unbranched alkanes of at least 4 members (excludes halogenated alkanes) is 1. The van der Waals surface area contributed by atoms with Crippen molar-refractivity contribution in [2.45, 2.75) is 84.8 Å². The van der Waals surface area contributed by atoms with E-state index in [2.05, 4.69) is 56.4 Å². The number of anilines is 3. The van der Waals surface area contributed by atoms with Gasteiger partial charge in [0.1, 0.15) is 22.8 Å². The zero-order valence-electron chi connectivity index (χ0n) is 27.8. The van der Waals surface area contributed by atoms with Crippen molar-refractivity contribution in [3.8, 4) is 0 Å². The summed E-state index contributed by atoms with van der Waals surface area (Å²) in [5.74, 6) is 1.53. The molecule has 1 saturated carbocycles. The molecule has 0 bridgehead atoms. The van der Waals surface area contributed by atoms with Gasteiger partial charge in [-0.05, 0) is 71.7 Å². The topological polar surface area (TPSA) is 115 Å². The first-order chi connectivity index (χ1) is 21.5. The Morgan fingerprint density at radius 1 is 1.11 bits per heavy atom. The number of nitrogens with zero attached hydrogens (tertiary/aromatic N) is 6. The molecule has 11 heteroatoms. The molecule has 244 valence electrons. The zero-order chi connectivity index (χ0) is 32.6. The average Bonchev–Trinajstić information content (AvgIpc) is 3.52. The Bertz CT molecular complexity index is 1500. The summed E-state index contributed by atoms with van der Waals surface area (Å²) in [4.78, 5) is 42.2. The van der Waals surface area contributed by atoms with Crippen molar-refractivity contribution in [3.05, 3.63) is 52.6 Å². The van der Waals surface area contributed by atoms with Gasteiger partial charge in [0.15, 0.2) is 0 Å². The smallest absolute Gasteiger partial charge is 0.293 e. The van der Waals surface area contributed by atoms with Gasteiger partial charge in [-0.15, -0.1) is 0 Å². The van der Waals surface area contributed by atoms with Crippen molar-refractivity contribution >= 4 is 40.7 Å². The van der Waals surface area contributed by atoms with Crippen molar-refractivity contribution in [2.75, 3.05) is 50.1 Å². The van der Waals surface area contributed by atoms with Crippen LogP contribution in [0.25, 0.3) is 16.8 Å². The number of aryl methyl sites for hydroxylation is 1. The van der Waals surface area contributed by atoms with E-state index in [1.165, 1.54) is 0 Å². The van der Waals surface area contributed by atoms with Crippen LogP contribution in [0.5, 0.6) is 0 Å². The number of aromatic nitrogens is 4. The summed E-state index contributed by atoms with van der Waals surface area (Å²) in [5.41, 5.74) is 2.70. The predicted octanol–water partition coefficient (Wildman–Crippen LogP) is 5.85. The summed E-state index contributed by atoms with van der Waals surface area (Å²) in [6.07, 6.45) is 9.77. The number of hydrogen-bond acceptors (Lipinski definition) is 10. The van der Waals surface area contributed by atoms with Gasteiger partial charge in [0.2, 0.25) is 5.95 Å². The summed E-state index contributed by atoms with van der Waals surface area (Å²) in [5, 5.41) is 4.09. The molecule has 5 rings (SSSR count). The predicted molar refractivity (Wildman–Crippen MR) is 180 cm³/mol. The first-order valence-corrected chi connectivity index (χ1v) is 16.0. The molecule has 0 radical (unpaired) electrons. The lowest BCUT2D eigenvalue weighted by Crippen LogP contribution is -2.44. The van der Waals surface area contributed by atoms with Crippen LogP contribution in [0.1, 0.15) is 83.4 Å². The molecule has 1 saturated heterocycles. The SMILES string of the molecule is C=C(OCCCC)c1c(C)c2cnc(Nc3ccc(N4CCN(C)CC4)cn3)nc2n(C2CCCC2)c1=O.CC(C)(C)OC=O. The minimum atomic E-state index is -0.318. The molecule has 0 spiro atoms. The van der Waals surface area contributed by atoms with Crippen LogP contribution >= 0.6 is 0 Å². The quantitative estimate of drug-likeness (QED) is 0.168. The van der Waals surface area contributed by atoms with E-state index in [0.29, 0.717) is 41.8 Å². The highest BCUT2D eigenvalue weighted by atomic mass is 16.5. The molecular weight excluding hydrogens is 570 g/mol. The zero-order valence-corrected chi connectivity index (χ0v) is 27.8. The lowest BCUT2D eigenvalue weighted by Gasteiger charge is -2.33. The van der Waals surface area contributed by atoms with Crippen molar-refractivity contribution in [3.63, 3.8) is 0 Å². The summed E-state index contributed by atoms with van der Waals surface area (Å²) in [7, 11) is 2.15. The second kappa shape index (κ2) is 15.3. The molecule has 0 aromatic carbocycles. The highest BCUT2D eigenvalue weighted by Crippen LogP contribution is 2.33. The maximum Gasteiger partial charge on any atom is 0.293 e. The van der Waals surface area contributed by atoms with E-state index in [-0.39, 0.29) is 17.2 Å². The third kappa shape index (κ3) is 8.81. The fourth-order valence-corrected chi connectivity index (χ4v) is 5.61. The van der Waals surface area contributed by atoms with Crippen LogP contribution in [0, 0.1) is 6.92 Å². The molecule has 2 fully saturated rings. The summed E-state index contributed by atoms with van der Waals surface area (Å²) in [6, 6.07) is 4.14. The molecule has 11 nitrogen and oxygen atoms in total. The number of hydrogen-bond donors (Lipinski definition) is 1. The van der Waals surface area contributed by atoms with Crippen LogP contribution in [0.3, 0.4) is 0 Å². The lowest BCUT2D eigenvalue weighted by molar-refractivity contribution is -0.138. The normalized spacial score (nSPS) is 15.8. The summed E-state index contributed by atoms with van der Waals surface area (Å²) in [6.45, 7) is 18.7. The largest absolute Gasteiger partial charge is 0.493 e. The summed E-state index contributed by atoms with van der Waals surface area (Å²) < 4.78 is 12.3. The molecule has 3 aromatic rings. The Balaban J connectivity index is 0.000000591. The van der Waals surface area contributed by atoms with Crippen LogP contribution in [0.15, 0.2) is 35.9 Å². The number of fused-ring (bicyclic) bond motifs is 1. The highest BCUT2D eigenvalue weighted by Gasteiger charge is 2.26. The van der Waals surface area contributed by atoms with E-state index in [4.69, 9.17) is 9.72 Å². The maximum atomic E-state index is 13.9. The van der Waals surface area contributed by atoms with Crippen molar-refractivity contribution in [2.24, 2.45) is 0 Å². The van der Waals surface area contributed by atoms with E-state index >= 15 is 0 Å². The number of piperazine rings is 1. The van der Waals surface area contributed by atoms with Crippen LogP contribution < -0.4 is 15.8 Å². The highest BCUT2D eigenvalue weighted by molar-refractivity contribution is 5.84. The molecule has 0 atom stereocenters. The number of ether oxygens (including phenoxy) is 2. The first kappa shape index (κ1) is 33.9. The summed E-state index contributed by atoms with van der Waals surface area (Å²) >= 11 is 0. The van der Waals surface area contributed by atoms with E-state index in [1.54, 1.807) is 6.20 Å². The number of carbonyl (C=O) groups excluding carboxylic acids is 1. The minimum absolute atomic E-state index is 0.0808. The fourth-order valence-electron chi connectivity index (χ4n) is 5.61. The molecule has 3 aromatic heterocycles. The molecule has 1 aliphatic carbocycles. The van der Waals surface area contributed by atoms with E-state index < -0.39 is 0 Å². The maximum absolute atomic E-state index is 13.9. The Hall–Kier alpha value is -3.99. The van der Waals surface area contributed by atoms with Gasteiger partial charge in [-0.25, -0.2) is 9.97 Å². The van der Waals surface area contributed by atoms with E-state index in [0.717, 1.165) is 81.3 Å². The molecule has 45 heavy (non-hydrogen) atoms. The van der Waals surface area contributed by atoms with Crippen molar-refractivity contribution in [1.29, 1.82) is 0 Å². The molecule has 2 aliphatic rings. The third-order valence-electron chi connectivity index (χ3n) is 8.21. The van der Waals surface area contributed by atoms with Gasteiger partial charge in [0, 0.05) is 43.8 Å². The molecular formula is C34H49N7O4. The van der Waals surface area contributed by atoms with Crippen LogP contribution in [-0.2, 0) is 14.3 Å². The van der Waals surface area contributed by atoms with E-state index in [1.807, 2.05) is 44.5 Å². The van der Waals surface area contributed by atoms with Crippen LogP contribution in [0.4, 0.5) is 17.5 Å². The van der Waals surface area contributed by atoms with Crippen LogP contribution in [0.2, 0.25) is 0 Å². The number of carbonyl (C=O) groups is 1. The first-order valence-electron chi connectivity index (χ1n) is 16.0. The second-order valence-corrected chi connectivity index (χ2v) is 12.8. The second-order valence-electron chi connectivity index (χ2n) is 12.8. The molecule has 0 unspecified atom stereocenters. The van der Waals surface area contributed by atoms with Crippen molar-refractivity contribution < 1.29 is 14.3 Å². The van der Waals surface area contributed by atoms with Gasteiger partial charge in [0.05, 0.1) is 24.1 Å². The van der Waals surface area contributed by atoms with Gasteiger partial charge in [-0.3, -0.25) is 14.2 Å². The van der Waals surface area contributed by atoms with Gasteiger partial charge >= 0.3 is 0 Å². The lowest BCUT2D eigenvalue weighted by atomic mass is 10.0. The Kier molecular flexibility index (Phi) is 11.6. The monoisotopic (exact) mass is 619 g/mol. The molecule has 1 N–H and O–H groups in total. The van der Waals surface area contributed by atoms with E-state index in [9.17, 15) is 9.59 Å². The standard InChI is InChI=1S/C29H39N7O2.C5H10O2/c1-5-6-17-38-21(3)26-20(2)24-19-31-29(33-27(24)36(28(26)37)22-9-7-8-10-22)32-25-12-11-23(18-30-25)35-15-13-34(4)14-16-35;1-5(2,3)7-4-6/h11-12,18-19,22H,3,5-10,13-17H2,1-2,4H3,(H,30,31,32,33);4H,1-3H3. The number of pyridine rings is 2. The molecule has 4 heterocycles. The minimum Gasteiger partial charge on any atom is -0.493 e. The third-order valence-corrected chi connectivity index (χ3v) is 8.21. The Labute approximate surface area is 266 Å². The van der Waals surface area contributed by atoms with Gasteiger partial charge in [-0.2, -0.15) is 4.98 Å². The number of rotatable bonds is 10. The van der Waals surface area contributed by atoms with Crippen LogP contribution in [-0.4, -0.2) is 76.3 Å². The Morgan fingerprint density at radius 3 is 2.40 bits per heavy atom. The number of nitrogens with one attached hydrogen (secondary N) is 1. The van der Waals surface area contributed by atoms with Gasteiger partial charge in [-0.1, -0.05) is 32.8 Å². The average molecular weight is 620 g/mol. The van der Waals surface area contributed by atoms with Gasteiger partial charge in [0.25, 0.3) is 12.0 Å². The molecule has 1 aliphatic heterocycles. The van der Waals surface area contributed by atoms with Gasteiger partial charge < -0.3 is 24.6 Å². The molecule has 0 amide bonds. The van der Waals surface area contributed by atoms with Crippen molar-refractivity contribution in [1.82, 2.24) is 24.4 Å². The fraction of sp³-hybridized carbons (Fsp3) is 0.559. The Morgan fingerprint density at radius 2 is 1.82 bits per heavy atom.